The van der Waals surface area contributed by atoms with Gasteiger partial charge in [0.15, 0.2) is 0 Å². The van der Waals surface area contributed by atoms with E-state index in [1.165, 1.54) is 11.1 Å². The molecule has 178 valence electrons. The molecule has 33 heavy (non-hydrogen) atoms. The van der Waals surface area contributed by atoms with E-state index in [-0.39, 0.29) is 10.8 Å². The molecule has 0 radical (unpaired) electrons. The molecule has 0 fully saturated rings. The molecule has 1 aliphatic rings. The minimum absolute atomic E-state index is 0.245. The summed E-state index contributed by atoms with van der Waals surface area (Å²) >= 11 is 0. The fraction of sp³-hybridized carbons (Fsp3) is 0.516. The summed E-state index contributed by atoms with van der Waals surface area (Å²) in [5.41, 5.74) is 5.35. The van der Waals surface area contributed by atoms with Crippen LogP contribution in [0.2, 0.25) is 0 Å². The first kappa shape index (κ1) is 26.7. The number of nitriles is 1. The Bertz CT molecular complexity index is 927. The van der Waals surface area contributed by atoms with E-state index in [1.807, 2.05) is 0 Å². The van der Waals surface area contributed by atoms with Crippen LogP contribution in [0.15, 0.2) is 72.1 Å². The molecular formula is C31H43NO. The van der Waals surface area contributed by atoms with Gasteiger partial charge in [-0.3, -0.25) is 0 Å². The van der Waals surface area contributed by atoms with Gasteiger partial charge in [-0.15, -0.1) is 5.26 Å². The Morgan fingerprint density at radius 2 is 1.70 bits per heavy atom. The molecular weight excluding hydrogens is 402 g/mol. The second-order valence-corrected chi connectivity index (χ2v) is 11.6. The van der Waals surface area contributed by atoms with Crippen molar-refractivity contribution >= 4 is 0 Å². The van der Waals surface area contributed by atoms with Crippen molar-refractivity contribution in [3.8, 4) is 6.26 Å². The summed E-state index contributed by atoms with van der Waals surface area (Å²) in [4.78, 5) is 0. The minimum Gasteiger partial charge on any atom is -0.388 e. The first-order valence-electron chi connectivity index (χ1n) is 12.3. The van der Waals surface area contributed by atoms with E-state index in [9.17, 15) is 0 Å². The summed E-state index contributed by atoms with van der Waals surface area (Å²) in [5, 5.41) is 8.96. The highest BCUT2D eigenvalue weighted by Gasteiger charge is 2.32. The Hall–Kier alpha value is -2.53. The molecule has 2 nitrogen and oxygen atoms in total. The fourth-order valence-corrected chi connectivity index (χ4v) is 3.98. The van der Waals surface area contributed by atoms with Crippen molar-refractivity contribution in [3.63, 3.8) is 0 Å². The largest absolute Gasteiger partial charge is 0.388 e. The Kier molecular flexibility index (Phi) is 9.35. The third-order valence-electron chi connectivity index (χ3n) is 7.24. The maximum absolute atomic E-state index is 8.96. The third-order valence-corrected chi connectivity index (χ3v) is 7.24. The van der Waals surface area contributed by atoms with Crippen molar-refractivity contribution in [2.45, 2.75) is 80.6 Å². The number of rotatable bonds is 9. The number of hydrogen-bond donors (Lipinski definition) is 0. The van der Waals surface area contributed by atoms with Gasteiger partial charge in [-0.1, -0.05) is 104 Å². The van der Waals surface area contributed by atoms with Gasteiger partial charge in [-0.05, 0) is 71.5 Å². The molecule has 0 heterocycles. The van der Waals surface area contributed by atoms with Crippen molar-refractivity contribution in [2.75, 3.05) is 0 Å². The van der Waals surface area contributed by atoms with Crippen LogP contribution < -0.4 is 0 Å². The molecule has 2 heteroatoms. The number of hydrogen-bond acceptors (Lipinski definition) is 2. The first-order valence-corrected chi connectivity index (χ1v) is 12.3. The number of benzene rings is 1. The molecule has 2 rings (SSSR count). The van der Waals surface area contributed by atoms with E-state index in [2.05, 4.69) is 104 Å². The van der Waals surface area contributed by atoms with Gasteiger partial charge >= 0.3 is 0 Å². The lowest BCUT2D eigenvalue weighted by Gasteiger charge is -2.39. The van der Waals surface area contributed by atoms with Crippen molar-refractivity contribution in [1.82, 2.24) is 0 Å². The molecule has 0 N–H and O–H groups in total. The summed E-state index contributed by atoms with van der Waals surface area (Å²) in [7, 11) is 0. The molecule has 1 aromatic rings. The number of allylic oxidation sites excluding steroid dienone is 5. The van der Waals surface area contributed by atoms with Crippen molar-refractivity contribution in [1.29, 1.82) is 5.26 Å². The van der Waals surface area contributed by atoms with Crippen molar-refractivity contribution < 1.29 is 4.74 Å². The summed E-state index contributed by atoms with van der Waals surface area (Å²) in [6, 6.07) is 9.21. The number of nitrogens with zero attached hydrogens (tertiary/aromatic N) is 1. The van der Waals surface area contributed by atoms with Crippen LogP contribution in [0, 0.1) is 34.2 Å². The van der Waals surface area contributed by atoms with E-state index in [1.54, 1.807) is 6.26 Å². The maximum atomic E-state index is 8.96. The van der Waals surface area contributed by atoms with Gasteiger partial charge in [0.2, 0.25) is 0 Å². The predicted octanol–water partition coefficient (Wildman–Crippen LogP) is 8.72. The fourth-order valence-electron chi connectivity index (χ4n) is 3.98. The lowest BCUT2D eigenvalue weighted by Crippen LogP contribution is -2.31. The summed E-state index contributed by atoms with van der Waals surface area (Å²) < 4.78 is 5.09. The van der Waals surface area contributed by atoms with Crippen LogP contribution in [0.4, 0.5) is 0 Å². The van der Waals surface area contributed by atoms with Gasteiger partial charge in [-0.25, -0.2) is 0 Å². The predicted molar refractivity (Wildman–Crippen MR) is 140 cm³/mol. The van der Waals surface area contributed by atoms with Crippen molar-refractivity contribution in [3.05, 3.63) is 83.2 Å². The maximum Gasteiger partial charge on any atom is 0.292 e. The van der Waals surface area contributed by atoms with E-state index in [0.29, 0.717) is 17.6 Å². The lowest BCUT2D eigenvalue weighted by molar-refractivity contribution is 0.132. The molecule has 1 atom stereocenters. The van der Waals surface area contributed by atoms with Crippen molar-refractivity contribution in [2.24, 2.45) is 22.7 Å². The molecule has 0 amide bonds. The molecule has 0 saturated heterocycles. The molecule has 0 spiro atoms. The van der Waals surface area contributed by atoms with E-state index < -0.39 is 0 Å². The van der Waals surface area contributed by atoms with Crippen LogP contribution in [0.5, 0.6) is 0 Å². The molecule has 1 unspecified atom stereocenters. The number of ether oxygens (including phenoxy) is 1. The Labute approximate surface area is 202 Å². The van der Waals surface area contributed by atoms with Gasteiger partial charge in [-0.2, -0.15) is 0 Å². The lowest BCUT2D eigenvalue weighted by atomic mass is 9.66. The minimum atomic E-state index is 0.245. The highest BCUT2D eigenvalue weighted by atomic mass is 16.5. The SMILES string of the molecule is C=C(OC#N)C1=CCC(Cc2ccc(CC(C)(C)C(C)(C)C)cc2)CC=C1/C=C\CC(C)C. The van der Waals surface area contributed by atoms with Crippen LogP contribution in [0.1, 0.15) is 78.9 Å². The first-order chi connectivity index (χ1) is 15.4. The van der Waals surface area contributed by atoms with Gasteiger partial charge in [0, 0.05) is 5.57 Å². The molecule has 1 aliphatic carbocycles. The monoisotopic (exact) mass is 445 g/mol. The van der Waals surface area contributed by atoms with Crippen LogP contribution in [-0.2, 0) is 17.6 Å². The second kappa shape index (κ2) is 11.6. The smallest absolute Gasteiger partial charge is 0.292 e. The average molecular weight is 446 g/mol. The zero-order chi connectivity index (χ0) is 24.6. The molecule has 0 bridgehead atoms. The zero-order valence-corrected chi connectivity index (χ0v) is 21.9. The molecule has 0 saturated carbocycles. The Balaban J connectivity index is 2.12. The van der Waals surface area contributed by atoms with E-state index >= 15 is 0 Å². The van der Waals surface area contributed by atoms with E-state index in [0.717, 1.165) is 43.3 Å². The van der Waals surface area contributed by atoms with Gasteiger partial charge in [0.1, 0.15) is 5.76 Å². The quantitative estimate of drug-likeness (QED) is 0.281. The normalized spacial score (nSPS) is 17.4. The Morgan fingerprint density at radius 1 is 1.09 bits per heavy atom. The highest BCUT2D eigenvalue weighted by molar-refractivity contribution is 5.50. The van der Waals surface area contributed by atoms with Gasteiger partial charge in [0.05, 0.1) is 0 Å². The molecule has 0 aliphatic heterocycles. The topological polar surface area (TPSA) is 33.0 Å². The molecule has 1 aromatic carbocycles. The standard InChI is InChI=1S/C31H43NO/c1-23(2)10-9-11-28-18-16-26(17-19-29(28)24(3)33-22-32)20-25-12-14-27(15-13-25)21-31(7,8)30(4,5)6/h9,11-15,18-19,23,26H,3,10,16-17,20-21H2,1-2,4-8H3/b11-9-. The Morgan fingerprint density at radius 3 is 2.27 bits per heavy atom. The van der Waals surface area contributed by atoms with Crippen LogP contribution in [0.3, 0.4) is 0 Å². The summed E-state index contributed by atoms with van der Waals surface area (Å²) in [6.07, 6.45) is 15.7. The van der Waals surface area contributed by atoms with Crippen LogP contribution in [-0.4, -0.2) is 0 Å². The second-order valence-electron chi connectivity index (χ2n) is 11.6. The van der Waals surface area contributed by atoms with Gasteiger partial charge < -0.3 is 4.74 Å². The molecule has 0 aromatic heterocycles. The average Bonchev–Trinajstić information content (AvgIpc) is 2.91. The van der Waals surface area contributed by atoms with Crippen LogP contribution in [0.25, 0.3) is 0 Å². The summed E-state index contributed by atoms with van der Waals surface area (Å²) in [5.74, 6) is 1.57. The van der Waals surface area contributed by atoms with Crippen LogP contribution >= 0.6 is 0 Å². The highest BCUT2D eigenvalue weighted by Crippen LogP contribution is 2.40. The van der Waals surface area contributed by atoms with E-state index in [4.69, 9.17) is 10.00 Å². The zero-order valence-electron chi connectivity index (χ0n) is 21.9. The van der Waals surface area contributed by atoms with Gasteiger partial charge in [0.25, 0.3) is 6.26 Å². The summed E-state index contributed by atoms with van der Waals surface area (Å²) in [6.45, 7) is 20.1. The third kappa shape index (κ3) is 8.08.